The molecule has 0 radical (unpaired) electrons. The number of hydrogen-bond acceptors (Lipinski definition) is 3. The lowest BCUT2D eigenvalue weighted by Crippen LogP contribution is -2.40. The molecule has 0 amide bonds. The zero-order valence-corrected chi connectivity index (χ0v) is 8.55. The Morgan fingerprint density at radius 3 is 2.08 bits per heavy atom. The second-order valence-electron chi connectivity index (χ2n) is 4.33. The molecular formula is C9H21NO2. The first kappa shape index (κ1) is 11.9. The molecule has 0 aliphatic carbocycles. The minimum Gasteiger partial charge on any atom is -0.388 e. The van der Waals surface area contributed by atoms with Crippen LogP contribution in [0.4, 0.5) is 0 Å². The standard InChI is InChI=1S/C9H21NO2/c1-5-9(4,11)7-12-6-8(2,3)10/h11H,5-7,10H2,1-4H3. The second kappa shape index (κ2) is 4.21. The molecule has 0 fully saturated rings. The highest BCUT2D eigenvalue weighted by Gasteiger charge is 2.19. The quantitative estimate of drug-likeness (QED) is 0.652. The van der Waals surface area contributed by atoms with Crippen molar-refractivity contribution >= 4 is 0 Å². The zero-order valence-electron chi connectivity index (χ0n) is 8.55. The lowest BCUT2D eigenvalue weighted by atomic mass is 10.1. The summed E-state index contributed by atoms with van der Waals surface area (Å²) in [6.07, 6.45) is 0.692. The molecule has 0 aromatic heterocycles. The predicted molar refractivity (Wildman–Crippen MR) is 50.0 cm³/mol. The topological polar surface area (TPSA) is 55.5 Å². The van der Waals surface area contributed by atoms with E-state index in [4.69, 9.17) is 10.5 Å². The first-order valence-electron chi connectivity index (χ1n) is 4.36. The molecular weight excluding hydrogens is 154 g/mol. The molecule has 0 aliphatic rings. The van der Waals surface area contributed by atoms with Crippen LogP contribution in [0.2, 0.25) is 0 Å². The van der Waals surface area contributed by atoms with E-state index < -0.39 is 5.60 Å². The van der Waals surface area contributed by atoms with Gasteiger partial charge in [-0.15, -0.1) is 0 Å². The molecule has 0 spiro atoms. The Morgan fingerprint density at radius 1 is 1.25 bits per heavy atom. The summed E-state index contributed by atoms with van der Waals surface area (Å²) in [5.74, 6) is 0. The molecule has 12 heavy (non-hydrogen) atoms. The highest BCUT2D eigenvalue weighted by atomic mass is 16.5. The molecule has 0 rings (SSSR count). The van der Waals surface area contributed by atoms with Gasteiger partial charge in [-0.3, -0.25) is 0 Å². The molecule has 74 valence electrons. The first-order chi connectivity index (χ1) is 5.27. The summed E-state index contributed by atoms with van der Waals surface area (Å²) in [7, 11) is 0. The molecule has 3 nitrogen and oxygen atoms in total. The third-order valence-corrected chi connectivity index (χ3v) is 1.65. The van der Waals surface area contributed by atoms with Crippen molar-refractivity contribution in [3.8, 4) is 0 Å². The van der Waals surface area contributed by atoms with E-state index in [2.05, 4.69) is 0 Å². The van der Waals surface area contributed by atoms with Crippen LogP contribution in [0.3, 0.4) is 0 Å². The molecule has 0 aromatic rings. The lowest BCUT2D eigenvalue weighted by Gasteiger charge is -2.24. The fourth-order valence-electron chi connectivity index (χ4n) is 0.636. The van der Waals surface area contributed by atoms with Crippen molar-refractivity contribution in [2.45, 2.75) is 45.3 Å². The molecule has 1 atom stereocenters. The van der Waals surface area contributed by atoms with Gasteiger partial charge in [-0.1, -0.05) is 6.92 Å². The van der Waals surface area contributed by atoms with E-state index in [1.807, 2.05) is 20.8 Å². The SMILES string of the molecule is CCC(C)(O)COCC(C)(C)N. The average Bonchev–Trinajstić information content (AvgIpc) is 1.84. The van der Waals surface area contributed by atoms with E-state index in [1.54, 1.807) is 6.92 Å². The van der Waals surface area contributed by atoms with Gasteiger partial charge in [-0.05, 0) is 27.2 Å². The average molecular weight is 175 g/mol. The van der Waals surface area contributed by atoms with Gasteiger partial charge in [0.25, 0.3) is 0 Å². The fraction of sp³-hybridized carbons (Fsp3) is 1.00. The Hall–Kier alpha value is -0.120. The van der Waals surface area contributed by atoms with E-state index in [-0.39, 0.29) is 5.54 Å². The Labute approximate surface area is 74.9 Å². The van der Waals surface area contributed by atoms with Crippen molar-refractivity contribution < 1.29 is 9.84 Å². The van der Waals surface area contributed by atoms with Gasteiger partial charge in [-0.2, -0.15) is 0 Å². The number of nitrogens with two attached hydrogens (primary N) is 1. The summed E-state index contributed by atoms with van der Waals surface area (Å²) in [6.45, 7) is 8.31. The number of ether oxygens (including phenoxy) is 1. The van der Waals surface area contributed by atoms with Crippen molar-refractivity contribution in [3.63, 3.8) is 0 Å². The molecule has 3 heteroatoms. The minimum atomic E-state index is -0.717. The van der Waals surface area contributed by atoms with Crippen LogP contribution in [0.15, 0.2) is 0 Å². The van der Waals surface area contributed by atoms with E-state index in [0.29, 0.717) is 19.6 Å². The van der Waals surface area contributed by atoms with Gasteiger partial charge >= 0.3 is 0 Å². The summed E-state index contributed by atoms with van der Waals surface area (Å²) in [4.78, 5) is 0. The van der Waals surface area contributed by atoms with Gasteiger partial charge in [0.05, 0.1) is 18.8 Å². The molecule has 0 heterocycles. The normalized spacial score (nSPS) is 17.5. The predicted octanol–water partition coefficient (Wildman–Crippen LogP) is 0.901. The minimum absolute atomic E-state index is 0.316. The van der Waals surface area contributed by atoms with Gasteiger partial charge in [-0.25, -0.2) is 0 Å². The van der Waals surface area contributed by atoms with Gasteiger partial charge in [0.2, 0.25) is 0 Å². The van der Waals surface area contributed by atoms with Crippen LogP contribution in [0.25, 0.3) is 0 Å². The van der Waals surface area contributed by atoms with Crippen molar-refractivity contribution in [2.24, 2.45) is 5.73 Å². The first-order valence-corrected chi connectivity index (χ1v) is 4.36. The van der Waals surface area contributed by atoms with Crippen LogP contribution in [0, 0.1) is 0 Å². The van der Waals surface area contributed by atoms with Crippen LogP contribution < -0.4 is 5.73 Å². The molecule has 0 saturated heterocycles. The van der Waals surface area contributed by atoms with Gasteiger partial charge in [0.15, 0.2) is 0 Å². The van der Waals surface area contributed by atoms with Crippen molar-refractivity contribution in [3.05, 3.63) is 0 Å². The maximum absolute atomic E-state index is 9.55. The Morgan fingerprint density at radius 2 is 1.75 bits per heavy atom. The number of hydrogen-bond donors (Lipinski definition) is 2. The molecule has 0 aromatic carbocycles. The van der Waals surface area contributed by atoms with Crippen LogP contribution in [-0.2, 0) is 4.74 Å². The molecule has 0 saturated carbocycles. The lowest BCUT2D eigenvalue weighted by molar-refractivity contribution is -0.0444. The summed E-state index contributed by atoms with van der Waals surface area (Å²) >= 11 is 0. The number of rotatable bonds is 5. The third kappa shape index (κ3) is 6.58. The largest absolute Gasteiger partial charge is 0.388 e. The Kier molecular flexibility index (Phi) is 4.17. The zero-order chi connectivity index (χ0) is 9.83. The van der Waals surface area contributed by atoms with Gasteiger partial charge in [0, 0.05) is 5.54 Å². The fourth-order valence-corrected chi connectivity index (χ4v) is 0.636. The smallest absolute Gasteiger partial charge is 0.0849 e. The molecule has 0 bridgehead atoms. The molecule has 0 aliphatic heterocycles. The highest BCUT2D eigenvalue weighted by Crippen LogP contribution is 2.09. The van der Waals surface area contributed by atoms with Gasteiger partial charge < -0.3 is 15.6 Å². The summed E-state index contributed by atoms with van der Waals surface area (Å²) < 4.78 is 5.28. The highest BCUT2D eigenvalue weighted by molar-refractivity contribution is 4.73. The molecule has 3 N–H and O–H groups in total. The van der Waals surface area contributed by atoms with Crippen molar-refractivity contribution in [1.29, 1.82) is 0 Å². The van der Waals surface area contributed by atoms with E-state index in [1.165, 1.54) is 0 Å². The Balaban J connectivity index is 3.57. The third-order valence-electron chi connectivity index (χ3n) is 1.65. The van der Waals surface area contributed by atoms with E-state index >= 15 is 0 Å². The van der Waals surface area contributed by atoms with Crippen molar-refractivity contribution in [1.82, 2.24) is 0 Å². The van der Waals surface area contributed by atoms with Crippen LogP contribution >= 0.6 is 0 Å². The van der Waals surface area contributed by atoms with Crippen LogP contribution in [0.5, 0.6) is 0 Å². The monoisotopic (exact) mass is 175 g/mol. The molecule has 1 unspecified atom stereocenters. The second-order valence-corrected chi connectivity index (χ2v) is 4.33. The maximum Gasteiger partial charge on any atom is 0.0849 e. The van der Waals surface area contributed by atoms with Crippen molar-refractivity contribution in [2.75, 3.05) is 13.2 Å². The summed E-state index contributed by atoms with van der Waals surface area (Å²) in [5, 5.41) is 9.55. The maximum atomic E-state index is 9.55. The summed E-state index contributed by atoms with van der Waals surface area (Å²) in [5.41, 5.74) is 4.67. The van der Waals surface area contributed by atoms with Crippen LogP contribution in [-0.4, -0.2) is 29.5 Å². The van der Waals surface area contributed by atoms with Gasteiger partial charge in [0.1, 0.15) is 0 Å². The number of aliphatic hydroxyl groups is 1. The van der Waals surface area contributed by atoms with E-state index in [9.17, 15) is 5.11 Å². The Bertz CT molecular complexity index is 127. The summed E-state index contributed by atoms with van der Waals surface area (Å²) in [6, 6.07) is 0. The van der Waals surface area contributed by atoms with Crippen LogP contribution in [0.1, 0.15) is 34.1 Å². The van der Waals surface area contributed by atoms with E-state index in [0.717, 1.165) is 0 Å².